The Morgan fingerprint density at radius 1 is 0.912 bits per heavy atom. The van der Waals surface area contributed by atoms with Crippen LogP contribution in [-0.2, 0) is 24.3 Å². The zero-order valence-electron chi connectivity index (χ0n) is 19.8. The molecule has 1 N–H and O–H groups in total. The minimum Gasteiger partial charge on any atom is -0.490 e. The largest absolute Gasteiger partial charge is 0.490 e. The fourth-order valence-electron chi connectivity index (χ4n) is 3.08. The van der Waals surface area contributed by atoms with Crippen molar-refractivity contribution in [1.29, 1.82) is 0 Å². The fourth-order valence-corrected chi connectivity index (χ4v) is 4.54. The van der Waals surface area contributed by atoms with Crippen LogP contribution in [0, 0.1) is 0 Å². The molecule has 0 bridgehead atoms. The number of nitrogens with zero attached hydrogens (tertiary/aromatic N) is 1. The number of sulfonamides is 1. The molecule has 0 radical (unpaired) electrons. The second-order valence-electron chi connectivity index (χ2n) is 7.15. The average Bonchev–Trinajstić information content (AvgIpc) is 2.82. The molecule has 0 fully saturated rings. The molecule has 0 atom stereocenters. The van der Waals surface area contributed by atoms with Crippen molar-refractivity contribution in [3.05, 3.63) is 48.5 Å². The summed E-state index contributed by atoms with van der Waals surface area (Å²) >= 11 is 0. The third-order valence-electron chi connectivity index (χ3n) is 4.78. The van der Waals surface area contributed by atoms with Gasteiger partial charge in [-0.3, -0.25) is 9.59 Å². The van der Waals surface area contributed by atoms with Crippen molar-refractivity contribution in [1.82, 2.24) is 4.31 Å². The molecule has 0 spiro atoms. The zero-order valence-corrected chi connectivity index (χ0v) is 20.6. The van der Waals surface area contributed by atoms with E-state index in [4.69, 9.17) is 14.2 Å². The Morgan fingerprint density at radius 3 is 2.12 bits per heavy atom. The normalized spacial score (nSPS) is 11.2. The van der Waals surface area contributed by atoms with Crippen LogP contribution in [0.2, 0.25) is 0 Å². The molecule has 0 unspecified atom stereocenters. The second-order valence-corrected chi connectivity index (χ2v) is 9.09. The molecule has 0 aromatic heterocycles. The van der Waals surface area contributed by atoms with E-state index in [1.165, 1.54) is 28.6 Å². The van der Waals surface area contributed by atoms with Gasteiger partial charge in [-0.25, -0.2) is 8.42 Å². The van der Waals surface area contributed by atoms with Crippen molar-refractivity contribution < 1.29 is 32.2 Å². The van der Waals surface area contributed by atoms with Gasteiger partial charge in [-0.1, -0.05) is 26.0 Å². The van der Waals surface area contributed by atoms with Gasteiger partial charge in [0.2, 0.25) is 10.0 Å². The third kappa shape index (κ3) is 8.03. The minimum atomic E-state index is -3.57. The number of carbonyl (C=O) groups is 2. The molecule has 0 aliphatic rings. The summed E-state index contributed by atoms with van der Waals surface area (Å²) in [6.45, 7) is 6.55. The van der Waals surface area contributed by atoms with Gasteiger partial charge in [0.15, 0.2) is 18.1 Å². The summed E-state index contributed by atoms with van der Waals surface area (Å²) < 4.78 is 42.5. The Bertz CT molecular complexity index is 1040. The van der Waals surface area contributed by atoms with E-state index < -0.39 is 28.5 Å². The first-order valence-corrected chi connectivity index (χ1v) is 12.7. The van der Waals surface area contributed by atoms with E-state index in [0.29, 0.717) is 49.9 Å². The first kappa shape index (κ1) is 27.1. The predicted molar refractivity (Wildman–Crippen MR) is 128 cm³/mol. The van der Waals surface area contributed by atoms with Gasteiger partial charge < -0.3 is 19.5 Å². The fraction of sp³-hybridized carbons (Fsp3) is 0.417. The lowest BCUT2D eigenvalue weighted by molar-refractivity contribution is -0.147. The highest BCUT2D eigenvalue weighted by Crippen LogP contribution is 2.26. The maximum Gasteiger partial charge on any atom is 0.306 e. The number of benzene rings is 2. The molecule has 34 heavy (non-hydrogen) atoms. The number of hydrogen-bond donors (Lipinski definition) is 1. The van der Waals surface area contributed by atoms with Gasteiger partial charge in [-0.05, 0) is 49.7 Å². The van der Waals surface area contributed by atoms with Gasteiger partial charge in [0, 0.05) is 25.2 Å². The highest BCUT2D eigenvalue weighted by Gasteiger charge is 2.21. The Hall–Kier alpha value is -3.11. The highest BCUT2D eigenvalue weighted by molar-refractivity contribution is 7.89. The standard InChI is InChI=1S/C24H32N2O7S/c1-4-26(5-2)34(29,30)20-15-13-19(14-16-20)25-23(27)18-33-24(28)12-9-17-32-22-11-8-7-10-21(22)31-6-3/h7-8,10-11,13-16H,4-6,9,12,17-18H2,1-3H3,(H,25,27). The lowest BCUT2D eigenvalue weighted by Crippen LogP contribution is -2.30. The molecule has 0 aliphatic heterocycles. The summed E-state index contributed by atoms with van der Waals surface area (Å²) in [5.74, 6) is 0.211. The maximum absolute atomic E-state index is 12.5. The van der Waals surface area contributed by atoms with Crippen molar-refractivity contribution in [2.75, 3.05) is 38.2 Å². The Morgan fingerprint density at radius 2 is 1.53 bits per heavy atom. The first-order valence-electron chi connectivity index (χ1n) is 11.2. The van der Waals surface area contributed by atoms with Crippen LogP contribution in [0.1, 0.15) is 33.6 Å². The van der Waals surface area contributed by atoms with Crippen molar-refractivity contribution in [3.63, 3.8) is 0 Å². The third-order valence-corrected chi connectivity index (χ3v) is 6.84. The molecule has 0 saturated heterocycles. The Labute approximate surface area is 201 Å². The minimum absolute atomic E-state index is 0.0992. The SMILES string of the molecule is CCOc1ccccc1OCCCC(=O)OCC(=O)Nc1ccc(S(=O)(=O)N(CC)CC)cc1. The molecular formula is C24H32N2O7S. The number of nitrogens with one attached hydrogen (secondary N) is 1. The smallest absolute Gasteiger partial charge is 0.306 e. The zero-order chi connectivity index (χ0) is 25.0. The van der Waals surface area contributed by atoms with Gasteiger partial charge in [0.1, 0.15) is 0 Å². The van der Waals surface area contributed by atoms with E-state index >= 15 is 0 Å². The van der Waals surface area contributed by atoms with Crippen molar-refractivity contribution >= 4 is 27.6 Å². The molecular weight excluding hydrogens is 460 g/mol. The lowest BCUT2D eigenvalue weighted by Gasteiger charge is -2.18. The van der Waals surface area contributed by atoms with E-state index in [-0.39, 0.29) is 11.3 Å². The molecule has 2 aromatic carbocycles. The summed E-state index contributed by atoms with van der Waals surface area (Å²) in [6.07, 6.45) is 0.519. The summed E-state index contributed by atoms with van der Waals surface area (Å²) in [5, 5.41) is 2.58. The number of esters is 1. The number of amides is 1. The number of ether oxygens (including phenoxy) is 3. The number of rotatable bonds is 14. The van der Waals surface area contributed by atoms with E-state index in [1.54, 1.807) is 19.9 Å². The van der Waals surface area contributed by atoms with Gasteiger partial charge in [-0.15, -0.1) is 0 Å². The van der Waals surface area contributed by atoms with Gasteiger partial charge in [0.05, 0.1) is 18.1 Å². The summed E-state index contributed by atoms with van der Waals surface area (Å²) in [5.41, 5.74) is 0.404. The van der Waals surface area contributed by atoms with Gasteiger partial charge in [-0.2, -0.15) is 4.31 Å². The van der Waals surface area contributed by atoms with Crippen LogP contribution >= 0.6 is 0 Å². The molecule has 0 aliphatic carbocycles. The monoisotopic (exact) mass is 492 g/mol. The predicted octanol–water partition coefficient (Wildman–Crippen LogP) is 3.46. The van der Waals surface area contributed by atoms with E-state index in [2.05, 4.69) is 5.32 Å². The molecule has 1 amide bonds. The van der Waals surface area contributed by atoms with Crippen molar-refractivity contribution in [2.45, 2.75) is 38.5 Å². The van der Waals surface area contributed by atoms with Crippen LogP contribution in [-0.4, -0.2) is 57.5 Å². The number of carbonyl (C=O) groups excluding carboxylic acids is 2. The second kappa shape index (κ2) is 13.6. The number of hydrogen-bond acceptors (Lipinski definition) is 7. The molecule has 2 aromatic rings. The summed E-state index contributed by atoms with van der Waals surface area (Å²) in [7, 11) is -3.57. The van der Waals surface area contributed by atoms with E-state index in [9.17, 15) is 18.0 Å². The van der Waals surface area contributed by atoms with E-state index in [0.717, 1.165) is 0 Å². The summed E-state index contributed by atoms with van der Waals surface area (Å²) in [4.78, 5) is 24.1. The molecule has 0 heterocycles. The number of anilines is 1. The van der Waals surface area contributed by atoms with Crippen molar-refractivity contribution in [3.8, 4) is 11.5 Å². The van der Waals surface area contributed by atoms with Crippen LogP contribution < -0.4 is 14.8 Å². The molecule has 2 rings (SSSR count). The van der Waals surface area contributed by atoms with Gasteiger partial charge in [0.25, 0.3) is 5.91 Å². The summed E-state index contributed by atoms with van der Waals surface area (Å²) in [6, 6.07) is 13.1. The first-order chi connectivity index (χ1) is 16.3. The van der Waals surface area contributed by atoms with E-state index in [1.807, 2.05) is 25.1 Å². The van der Waals surface area contributed by atoms with Crippen LogP contribution in [0.25, 0.3) is 0 Å². The van der Waals surface area contributed by atoms with Crippen LogP contribution in [0.15, 0.2) is 53.4 Å². The maximum atomic E-state index is 12.5. The average molecular weight is 493 g/mol. The van der Waals surface area contributed by atoms with Crippen molar-refractivity contribution in [2.24, 2.45) is 0 Å². The topological polar surface area (TPSA) is 111 Å². The molecule has 9 nitrogen and oxygen atoms in total. The molecule has 10 heteroatoms. The van der Waals surface area contributed by atoms with Crippen LogP contribution in [0.5, 0.6) is 11.5 Å². The molecule has 186 valence electrons. The lowest BCUT2D eigenvalue weighted by atomic mass is 10.3. The Balaban J connectivity index is 1.73. The Kier molecular flexibility index (Phi) is 10.8. The van der Waals surface area contributed by atoms with Crippen LogP contribution in [0.3, 0.4) is 0 Å². The highest BCUT2D eigenvalue weighted by atomic mass is 32.2. The number of para-hydroxylation sites is 2. The quantitative estimate of drug-likeness (QED) is 0.318. The van der Waals surface area contributed by atoms with Gasteiger partial charge >= 0.3 is 5.97 Å². The molecule has 0 saturated carbocycles. The van der Waals surface area contributed by atoms with Crippen LogP contribution in [0.4, 0.5) is 5.69 Å².